The predicted molar refractivity (Wildman–Crippen MR) is 245 cm³/mol. The second-order valence-electron chi connectivity index (χ2n) is 16.2. The first-order valence-corrected chi connectivity index (χ1v) is 20.5. The number of hydrogen-bond acceptors (Lipinski definition) is 2. The first-order chi connectivity index (χ1) is 29.1. The Morgan fingerprint density at radius 3 is 1.59 bits per heavy atom. The second-order valence-corrected chi connectivity index (χ2v) is 16.2. The maximum absolute atomic E-state index is 6.45. The smallest absolute Gasteiger partial charge is 0.135 e. The third-order valence-corrected chi connectivity index (χ3v) is 12.6. The summed E-state index contributed by atoms with van der Waals surface area (Å²) in [5.41, 5.74) is 15.6. The minimum absolute atomic E-state index is 0.463. The number of hydrogen-bond donors (Lipinski definition) is 0. The highest BCUT2D eigenvalue weighted by Crippen LogP contribution is 2.43. The Hall–Kier alpha value is -7.56. The molecule has 0 saturated heterocycles. The number of benzene rings is 8. The minimum atomic E-state index is 0.463. The van der Waals surface area contributed by atoms with Gasteiger partial charge in [-0.15, -0.1) is 0 Å². The highest BCUT2D eigenvalue weighted by atomic mass is 16.3. The fourth-order valence-corrected chi connectivity index (χ4v) is 9.81. The van der Waals surface area contributed by atoms with Crippen LogP contribution in [0.25, 0.3) is 116 Å². The maximum Gasteiger partial charge on any atom is 0.135 e. The van der Waals surface area contributed by atoms with Gasteiger partial charge in [0.05, 0.1) is 22.1 Å². The van der Waals surface area contributed by atoms with Gasteiger partial charge in [0.1, 0.15) is 22.5 Å². The van der Waals surface area contributed by atoms with Crippen molar-refractivity contribution in [3.63, 3.8) is 0 Å². The van der Waals surface area contributed by atoms with E-state index in [1.807, 2.05) is 12.1 Å². The molecule has 12 aromatic rings. The molecule has 8 aromatic carbocycles. The molecule has 0 saturated carbocycles. The molecule has 1 aliphatic rings. The third-order valence-electron chi connectivity index (χ3n) is 12.6. The Labute approximate surface area is 339 Å². The van der Waals surface area contributed by atoms with Crippen LogP contribution >= 0.6 is 0 Å². The van der Waals surface area contributed by atoms with Crippen LogP contribution in [0.1, 0.15) is 18.2 Å². The fraction of sp³-hybridized carbons (Fsp3) is 0.0545. The quantitative estimate of drug-likeness (QED) is 0.179. The molecule has 0 bridgehead atoms. The molecule has 0 fully saturated rings. The SMILES string of the molecule is CC1C=Cc2c(oc3ccc(-n4c5ccc(-c6ccccc6)cc5c5cc6c7cc(-c8ccccc8)ccc7n(-c7ccc8oc9ccccc9c8c7)c6cc54)cc23)C1. The largest absolute Gasteiger partial charge is 0.460 e. The van der Waals surface area contributed by atoms with Gasteiger partial charge in [-0.1, -0.05) is 110 Å². The van der Waals surface area contributed by atoms with E-state index < -0.39 is 0 Å². The summed E-state index contributed by atoms with van der Waals surface area (Å²) in [6.45, 7) is 2.25. The highest BCUT2D eigenvalue weighted by molar-refractivity contribution is 6.20. The average molecular weight is 757 g/mol. The molecule has 0 amide bonds. The van der Waals surface area contributed by atoms with E-state index in [9.17, 15) is 0 Å². The topological polar surface area (TPSA) is 36.1 Å². The van der Waals surface area contributed by atoms with E-state index in [0.29, 0.717) is 5.92 Å². The minimum Gasteiger partial charge on any atom is -0.460 e. The summed E-state index contributed by atoms with van der Waals surface area (Å²) in [5.74, 6) is 1.54. The zero-order valence-electron chi connectivity index (χ0n) is 32.3. The highest BCUT2D eigenvalue weighted by Gasteiger charge is 2.23. The Kier molecular flexibility index (Phi) is 6.74. The summed E-state index contributed by atoms with van der Waals surface area (Å²) < 4.78 is 17.7. The van der Waals surface area contributed by atoms with Crippen LogP contribution in [-0.2, 0) is 6.42 Å². The van der Waals surface area contributed by atoms with Crippen molar-refractivity contribution in [3.8, 4) is 33.6 Å². The van der Waals surface area contributed by atoms with Gasteiger partial charge in [-0.05, 0) is 107 Å². The number of nitrogens with zero attached hydrogens (tertiary/aromatic N) is 2. The molecule has 0 aliphatic heterocycles. The van der Waals surface area contributed by atoms with Crippen LogP contribution in [0.3, 0.4) is 0 Å². The average Bonchev–Trinajstić information content (AvgIpc) is 4.02. The third kappa shape index (κ3) is 4.84. The standard InChI is InChI=1S/C55H36N2O2/c1-33-16-21-41-47-30-39(20-25-54(47)59-55(41)26-33)57-49-23-18-37(35-12-6-3-7-13-35)28-43(49)45-31-44-42-27-36(34-10-4-2-5-11-34)17-22-48(42)56(50(44)32-51(45)57)38-19-24-53-46(29-38)40-14-8-9-15-52(40)58-53/h2-25,27-33H,26H2,1H3. The van der Waals surface area contributed by atoms with Crippen molar-refractivity contribution in [2.24, 2.45) is 5.92 Å². The monoisotopic (exact) mass is 756 g/mol. The zero-order chi connectivity index (χ0) is 38.8. The molecule has 0 N–H and O–H groups in total. The molecular formula is C55H36N2O2. The Balaban J connectivity index is 1.14. The van der Waals surface area contributed by atoms with Gasteiger partial charge in [0, 0.05) is 61.1 Å². The molecule has 4 heterocycles. The second kappa shape index (κ2) is 12.2. The molecule has 13 rings (SSSR count). The zero-order valence-corrected chi connectivity index (χ0v) is 32.3. The van der Waals surface area contributed by atoms with Gasteiger partial charge in [-0.3, -0.25) is 0 Å². The van der Waals surface area contributed by atoms with Gasteiger partial charge < -0.3 is 18.0 Å². The molecule has 0 radical (unpaired) electrons. The Morgan fingerprint density at radius 1 is 0.407 bits per heavy atom. The number of allylic oxidation sites excluding steroid dienone is 1. The van der Waals surface area contributed by atoms with E-state index in [4.69, 9.17) is 8.83 Å². The van der Waals surface area contributed by atoms with Crippen LogP contribution in [-0.4, -0.2) is 9.13 Å². The molecule has 278 valence electrons. The lowest BCUT2D eigenvalue weighted by Gasteiger charge is -2.11. The number of aromatic nitrogens is 2. The number of furan rings is 2. The van der Waals surface area contributed by atoms with Crippen molar-refractivity contribution < 1.29 is 8.83 Å². The van der Waals surface area contributed by atoms with Gasteiger partial charge in [-0.2, -0.15) is 0 Å². The molecule has 1 atom stereocenters. The van der Waals surface area contributed by atoms with Crippen molar-refractivity contribution in [1.29, 1.82) is 0 Å². The summed E-state index contributed by atoms with van der Waals surface area (Å²) >= 11 is 0. The molecular weight excluding hydrogens is 721 g/mol. The van der Waals surface area contributed by atoms with Crippen molar-refractivity contribution in [2.45, 2.75) is 13.3 Å². The van der Waals surface area contributed by atoms with E-state index in [1.165, 1.54) is 54.9 Å². The Morgan fingerprint density at radius 2 is 0.949 bits per heavy atom. The van der Waals surface area contributed by atoms with Gasteiger partial charge in [0.15, 0.2) is 0 Å². The fourth-order valence-electron chi connectivity index (χ4n) is 9.81. The number of para-hydroxylation sites is 1. The van der Waals surface area contributed by atoms with Gasteiger partial charge in [0.25, 0.3) is 0 Å². The molecule has 1 aliphatic carbocycles. The van der Waals surface area contributed by atoms with Crippen LogP contribution in [0, 0.1) is 5.92 Å². The van der Waals surface area contributed by atoms with Crippen LogP contribution in [0.2, 0.25) is 0 Å². The van der Waals surface area contributed by atoms with Crippen LogP contribution in [0.15, 0.2) is 185 Å². The van der Waals surface area contributed by atoms with E-state index in [-0.39, 0.29) is 0 Å². The van der Waals surface area contributed by atoms with Crippen molar-refractivity contribution in [2.75, 3.05) is 0 Å². The van der Waals surface area contributed by atoms with E-state index in [2.05, 4.69) is 186 Å². The summed E-state index contributed by atoms with van der Waals surface area (Å²) in [6.07, 6.45) is 5.48. The lowest BCUT2D eigenvalue weighted by molar-refractivity contribution is 0.513. The van der Waals surface area contributed by atoms with Gasteiger partial charge >= 0.3 is 0 Å². The van der Waals surface area contributed by atoms with Gasteiger partial charge in [-0.25, -0.2) is 0 Å². The first kappa shape index (κ1) is 32.5. The summed E-state index contributed by atoms with van der Waals surface area (Å²) in [6, 6.07) is 61.8. The lowest BCUT2D eigenvalue weighted by Crippen LogP contribution is -2.00. The number of fused-ring (bicyclic) bond motifs is 12. The van der Waals surface area contributed by atoms with Crippen LogP contribution in [0.4, 0.5) is 0 Å². The summed E-state index contributed by atoms with van der Waals surface area (Å²) in [4.78, 5) is 0. The summed E-state index contributed by atoms with van der Waals surface area (Å²) in [5, 5.41) is 8.25. The number of rotatable bonds is 4. The molecule has 0 spiro atoms. The normalized spacial score (nSPS) is 14.2. The molecule has 4 heteroatoms. The van der Waals surface area contributed by atoms with Crippen molar-refractivity contribution in [1.82, 2.24) is 9.13 Å². The first-order valence-electron chi connectivity index (χ1n) is 20.5. The molecule has 4 aromatic heterocycles. The van der Waals surface area contributed by atoms with Crippen molar-refractivity contribution in [3.05, 3.63) is 187 Å². The van der Waals surface area contributed by atoms with Gasteiger partial charge in [0.2, 0.25) is 0 Å². The molecule has 1 unspecified atom stereocenters. The van der Waals surface area contributed by atoms with E-state index >= 15 is 0 Å². The molecule has 59 heavy (non-hydrogen) atoms. The van der Waals surface area contributed by atoms with E-state index in [1.54, 1.807) is 0 Å². The van der Waals surface area contributed by atoms with Crippen molar-refractivity contribution >= 4 is 82.6 Å². The summed E-state index contributed by atoms with van der Waals surface area (Å²) in [7, 11) is 0. The Bertz CT molecular complexity index is 3710. The van der Waals surface area contributed by atoms with E-state index in [0.717, 1.165) is 73.0 Å². The lowest BCUT2D eigenvalue weighted by atomic mass is 9.95. The molecule has 4 nitrogen and oxygen atoms in total. The predicted octanol–water partition coefficient (Wildman–Crippen LogP) is 15.1. The van der Waals surface area contributed by atoms with Crippen LogP contribution < -0.4 is 0 Å². The van der Waals surface area contributed by atoms with Crippen LogP contribution in [0.5, 0.6) is 0 Å². The maximum atomic E-state index is 6.45.